The highest BCUT2D eigenvalue weighted by atomic mass is 35.5. The lowest BCUT2D eigenvalue weighted by atomic mass is 9.96. The zero-order chi connectivity index (χ0) is 21.6. The predicted molar refractivity (Wildman–Crippen MR) is 124 cm³/mol. The summed E-state index contributed by atoms with van der Waals surface area (Å²) in [5.74, 6) is 1.19. The third-order valence-electron chi connectivity index (χ3n) is 5.93. The molecule has 1 aliphatic heterocycles. The zero-order valence-corrected chi connectivity index (χ0v) is 18.7. The molecule has 1 aliphatic rings. The zero-order valence-electron chi connectivity index (χ0n) is 17.9. The van der Waals surface area contributed by atoms with Crippen LogP contribution in [0.2, 0.25) is 5.02 Å². The van der Waals surface area contributed by atoms with Gasteiger partial charge in [0.1, 0.15) is 5.82 Å². The topological polar surface area (TPSA) is 50.2 Å². The molecule has 2 aromatic carbocycles. The highest BCUT2D eigenvalue weighted by Gasteiger charge is 2.25. The van der Waals surface area contributed by atoms with Crippen LogP contribution in [0.1, 0.15) is 35.4 Å². The summed E-state index contributed by atoms with van der Waals surface area (Å²) in [7, 11) is 0. The lowest BCUT2D eigenvalue weighted by molar-refractivity contribution is -0.126. The van der Waals surface area contributed by atoms with E-state index < -0.39 is 0 Å². The Hall–Kier alpha value is -2.63. The van der Waals surface area contributed by atoms with Crippen molar-refractivity contribution in [2.75, 3.05) is 13.1 Å². The van der Waals surface area contributed by atoms with Crippen LogP contribution in [0, 0.1) is 12.8 Å². The van der Waals surface area contributed by atoms with Gasteiger partial charge in [0.2, 0.25) is 5.91 Å². The first kappa shape index (κ1) is 21.6. The van der Waals surface area contributed by atoms with Gasteiger partial charge in [-0.2, -0.15) is 0 Å². The second-order valence-corrected chi connectivity index (χ2v) is 8.78. The van der Waals surface area contributed by atoms with Crippen molar-refractivity contribution < 1.29 is 4.79 Å². The lowest BCUT2D eigenvalue weighted by Gasteiger charge is -2.32. The summed E-state index contributed by atoms with van der Waals surface area (Å²) in [5, 5.41) is 3.91. The Morgan fingerprint density at radius 1 is 1.13 bits per heavy atom. The van der Waals surface area contributed by atoms with Gasteiger partial charge in [-0.25, -0.2) is 4.98 Å². The van der Waals surface area contributed by atoms with E-state index in [-0.39, 0.29) is 11.8 Å². The molecule has 1 atom stereocenters. The molecule has 0 spiro atoms. The van der Waals surface area contributed by atoms with Gasteiger partial charge in [-0.15, -0.1) is 0 Å². The minimum Gasteiger partial charge on any atom is -0.352 e. The monoisotopic (exact) mass is 436 g/mol. The van der Waals surface area contributed by atoms with Crippen molar-refractivity contribution in [1.82, 2.24) is 19.8 Å². The molecule has 1 unspecified atom stereocenters. The summed E-state index contributed by atoms with van der Waals surface area (Å²) in [6.07, 6.45) is 5.80. The van der Waals surface area contributed by atoms with Gasteiger partial charge in [-0.3, -0.25) is 9.69 Å². The summed E-state index contributed by atoms with van der Waals surface area (Å²) < 4.78 is 2.12. The summed E-state index contributed by atoms with van der Waals surface area (Å²) in [4.78, 5) is 19.5. The van der Waals surface area contributed by atoms with Crippen LogP contribution in [0.3, 0.4) is 0 Å². The lowest BCUT2D eigenvalue weighted by Crippen LogP contribution is -2.42. The molecular weight excluding hydrogens is 408 g/mol. The standard InChI is InChI=1S/C25H29ClN4O/c1-19-27-11-13-30(19)17-22-5-2-4-21(14-22)15-28-25(31)23-6-3-12-29(18-23)16-20-7-9-24(26)10-8-20/h2,4-5,7-11,13-14,23H,3,6,12,15-18H2,1H3,(H,28,31). The van der Waals surface area contributed by atoms with Crippen LogP contribution in [-0.2, 0) is 24.4 Å². The van der Waals surface area contributed by atoms with Crippen LogP contribution in [0.4, 0.5) is 0 Å². The number of benzene rings is 2. The smallest absolute Gasteiger partial charge is 0.224 e. The molecule has 1 fully saturated rings. The van der Waals surface area contributed by atoms with Gasteiger partial charge in [0.25, 0.3) is 0 Å². The number of aryl methyl sites for hydroxylation is 1. The van der Waals surface area contributed by atoms with Gasteiger partial charge in [0.15, 0.2) is 0 Å². The molecule has 0 saturated carbocycles. The van der Waals surface area contributed by atoms with Crippen LogP contribution in [-0.4, -0.2) is 33.4 Å². The first-order chi connectivity index (χ1) is 15.1. The molecule has 5 nitrogen and oxygen atoms in total. The number of likely N-dealkylation sites (tertiary alicyclic amines) is 1. The second kappa shape index (κ2) is 10.1. The molecule has 4 rings (SSSR count). The normalized spacial score (nSPS) is 16.9. The molecule has 2 heterocycles. The average molecular weight is 437 g/mol. The fourth-order valence-corrected chi connectivity index (χ4v) is 4.33. The molecule has 0 bridgehead atoms. The Labute approximate surface area is 189 Å². The number of amides is 1. The Kier molecular flexibility index (Phi) is 7.05. The minimum absolute atomic E-state index is 0.0397. The van der Waals surface area contributed by atoms with Crippen LogP contribution < -0.4 is 5.32 Å². The van der Waals surface area contributed by atoms with Crippen molar-refractivity contribution in [3.8, 4) is 0 Å². The fourth-order valence-electron chi connectivity index (χ4n) is 4.20. The summed E-state index contributed by atoms with van der Waals surface area (Å²) in [6.45, 7) is 6.04. The van der Waals surface area contributed by atoms with Crippen LogP contribution in [0.15, 0.2) is 60.9 Å². The highest BCUT2D eigenvalue weighted by Crippen LogP contribution is 2.20. The minimum atomic E-state index is 0.0397. The van der Waals surface area contributed by atoms with E-state index in [1.165, 1.54) is 11.1 Å². The SMILES string of the molecule is Cc1nccn1Cc1cccc(CNC(=O)C2CCCN(Cc3ccc(Cl)cc3)C2)c1. The number of imidazole rings is 1. The van der Waals surface area contributed by atoms with Crippen LogP contribution in [0.5, 0.6) is 0 Å². The summed E-state index contributed by atoms with van der Waals surface area (Å²) in [5.41, 5.74) is 3.56. The van der Waals surface area contributed by atoms with Gasteiger partial charge in [0.05, 0.1) is 5.92 Å². The number of piperidine rings is 1. The van der Waals surface area contributed by atoms with E-state index in [2.05, 4.69) is 56.2 Å². The van der Waals surface area contributed by atoms with Crippen molar-refractivity contribution in [1.29, 1.82) is 0 Å². The first-order valence-corrected chi connectivity index (χ1v) is 11.2. The van der Waals surface area contributed by atoms with E-state index in [9.17, 15) is 4.79 Å². The maximum Gasteiger partial charge on any atom is 0.224 e. The quantitative estimate of drug-likeness (QED) is 0.596. The fraction of sp³-hybridized carbons (Fsp3) is 0.360. The molecule has 1 saturated heterocycles. The molecule has 1 amide bonds. The number of rotatable bonds is 7. The summed E-state index contributed by atoms with van der Waals surface area (Å²) >= 11 is 5.99. The van der Waals surface area contributed by atoms with Crippen LogP contribution in [0.25, 0.3) is 0 Å². The van der Waals surface area contributed by atoms with Crippen molar-refractivity contribution in [2.45, 2.75) is 39.4 Å². The molecule has 162 valence electrons. The van der Waals surface area contributed by atoms with Crippen molar-refractivity contribution >= 4 is 17.5 Å². The Morgan fingerprint density at radius 2 is 1.94 bits per heavy atom. The largest absolute Gasteiger partial charge is 0.352 e. The number of nitrogens with one attached hydrogen (secondary N) is 1. The Bertz CT molecular complexity index is 1010. The molecule has 1 aromatic heterocycles. The van der Waals surface area contributed by atoms with E-state index in [0.717, 1.165) is 55.4 Å². The van der Waals surface area contributed by atoms with Gasteiger partial charge < -0.3 is 9.88 Å². The average Bonchev–Trinajstić information content (AvgIpc) is 3.18. The molecule has 6 heteroatoms. The number of hydrogen-bond acceptors (Lipinski definition) is 3. The summed E-state index contributed by atoms with van der Waals surface area (Å²) in [6, 6.07) is 16.4. The van der Waals surface area contributed by atoms with E-state index in [0.29, 0.717) is 6.54 Å². The molecular formula is C25H29ClN4O. The highest BCUT2D eigenvalue weighted by molar-refractivity contribution is 6.30. The predicted octanol–water partition coefficient (Wildman–Crippen LogP) is 4.42. The van der Waals surface area contributed by atoms with Crippen molar-refractivity contribution in [3.63, 3.8) is 0 Å². The third-order valence-corrected chi connectivity index (χ3v) is 6.18. The van der Waals surface area contributed by atoms with Gasteiger partial charge >= 0.3 is 0 Å². The first-order valence-electron chi connectivity index (χ1n) is 10.9. The van der Waals surface area contributed by atoms with Crippen molar-refractivity contribution in [3.05, 3.63) is 88.5 Å². The molecule has 0 radical (unpaired) electrons. The molecule has 3 aromatic rings. The van der Waals surface area contributed by atoms with Gasteiger partial charge in [0, 0.05) is 43.6 Å². The number of aromatic nitrogens is 2. The Morgan fingerprint density at radius 3 is 2.71 bits per heavy atom. The van der Waals surface area contributed by atoms with E-state index in [1.54, 1.807) is 0 Å². The van der Waals surface area contributed by atoms with Crippen LogP contribution >= 0.6 is 11.6 Å². The number of carbonyl (C=O) groups is 1. The second-order valence-electron chi connectivity index (χ2n) is 8.34. The third kappa shape index (κ3) is 5.96. The number of carbonyl (C=O) groups excluding carboxylic acids is 1. The Balaban J connectivity index is 1.29. The van der Waals surface area contributed by atoms with Gasteiger partial charge in [-0.05, 0) is 55.1 Å². The molecule has 31 heavy (non-hydrogen) atoms. The molecule has 0 aliphatic carbocycles. The maximum absolute atomic E-state index is 12.8. The van der Waals surface area contributed by atoms with E-state index >= 15 is 0 Å². The number of halogens is 1. The maximum atomic E-state index is 12.8. The van der Waals surface area contributed by atoms with E-state index in [4.69, 9.17) is 11.6 Å². The van der Waals surface area contributed by atoms with Gasteiger partial charge in [-0.1, -0.05) is 48.0 Å². The number of hydrogen-bond donors (Lipinski definition) is 1. The number of nitrogens with zero attached hydrogens (tertiary/aromatic N) is 3. The van der Waals surface area contributed by atoms with Crippen molar-refractivity contribution in [2.24, 2.45) is 5.92 Å². The van der Waals surface area contributed by atoms with E-state index in [1.807, 2.05) is 31.5 Å². The molecule has 1 N–H and O–H groups in total.